The van der Waals surface area contributed by atoms with Gasteiger partial charge in [0.05, 0.1) is 6.21 Å². The largest absolute Gasteiger partial charge is 0.485 e. The molecule has 0 fully saturated rings. The third-order valence-electron chi connectivity index (χ3n) is 3.86. The number of rotatable bonds is 3. The number of amides is 1. The molecule has 0 bridgehead atoms. The molecule has 25 heavy (non-hydrogen) atoms. The highest BCUT2D eigenvalue weighted by Gasteiger charge is 2.28. The molecule has 1 N–H and O–H groups in total. The number of hydrazone groups is 1. The van der Waals surface area contributed by atoms with Gasteiger partial charge in [-0.1, -0.05) is 26.8 Å². The maximum Gasteiger partial charge on any atom is 0.284 e. The molecule has 2 heterocycles. The Morgan fingerprint density at radius 3 is 2.72 bits per heavy atom. The molecule has 0 radical (unpaired) electrons. The van der Waals surface area contributed by atoms with Crippen LogP contribution in [0.25, 0.3) is 0 Å². The highest BCUT2D eigenvalue weighted by Crippen LogP contribution is 2.36. The van der Waals surface area contributed by atoms with Crippen LogP contribution in [0.5, 0.6) is 11.5 Å². The molecule has 0 saturated heterocycles. The predicted molar refractivity (Wildman–Crippen MR) is 95.0 cm³/mol. The molecule has 1 amide bonds. The van der Waals surface area contributed by atoms with Gasteiger partial charge in [0, 0.05) is 12.4 Å². The van der Waals surface area contributed by atoms with Gasteiger partial charge in [-0.25, -0.2) is 5.43 Å². The number of nitrogens with one attached hydrogen (secondary N) is 1. The van der Waals surface area contributed by atoms with Crippen LogP contribution in [0, 0.1) is 0 Å². The van der Waals surface area contributed by atoms with Crippen molar-refractivity contribution in [2.45, 2.75) is 32.3 Å². The van der Waals surface area contributed by atoms with E-state index in [1.54, 1.807) is 30.7 Å². The number of pyridine rings is 1. The Hall–Kier alpha value is -2.89. The summed E-state index contributed by atoms with van der Waals surface area (Å²) < 4.78 is 11.5. The zero-order valence-electron chi connectivity index (χ0n) is 14.5. The van der Waals surface area contributed by atoms with Crippen LogP contribution in [-0.4, -0.2) is 29.8 Å². The highest BCUT2D eigenvalue weighted by molar-refractivity contribution is 5.84. The zero-order valence-corrected chi connectivity index (χ0v) is 14.5. The van der Waals surface area contributed by atoms with Crippen LogP contribution in [0.3, 0.4) is 0 Å². The molecule has 1 aromatic heterocycles. The van der Waals surface area contributed by atoms with E-state index in [9.17, 15) is 4.79 Å². The van der Waals surface area contributed by atoms with Gasteiger partial charge in [0.1, 0.15) is 6.61 Å². The maximum absolute atomic E-state index is 12.2. The molecular weight excluding hydrogens is 318 g/mol. The van der Waals surface area contributed by atoms with Crippen molar-refractivity contribution in [1.82, 2.24) is 10.4 Å². The molecule has 1 aromatic carbocycles. The lowest BCUT2D eigenvalue weighted by molar-refractivity contribution is -0.130. The topological polar surface area (TPSA) is 72.8 Å². The molecule has 6 heteroatoms. The molecular formula is C19H21N3O3. The Labute approximate surface area is 146 Å². The molecule has 0 aliphatic carbocycles. The van der Waals surface area contributed by atoms with E-state index < -0.39 is 6.10 Å². The first kappa shape index (κ1) is 17.0. The monoisotopic (exact) mass is 339 g/mol. The second kappa shape index (κ2) is 6.93. The second-order valence-corrected chi connectivity index (χ2v) is 6.84. The Balaban J connectivity index is 1.65. The zero-order chi connectivity index (χ0) is 17.9. The SMILES string of the molecule is CC(C)(C)c1ccc2c(c1)O[C@@H](C(=O)NN=Cc1ccncc1)CO2. The van der Waals surface area contributed by atoms with Gasteiger partial charge in [-0.3, -0.25) is 9.78 Å². The van der Waals surface area contributed by atoms with Crippen molar-refractivity contribution in [3.05, 3.63) is 53.9 Å². The molecule has 0 unspecified atom stereocenters. The van der Waals surface area contributed by atoms with Gasteiger partial charge in [-0.05, 0) is 40.8 Å². The average molecular weight is 339 g/mol. The van der Waals surface area contributed by atoms with Gasteiger partial charge in [0.25, 0.3) is 5.91 Å². The lowest BCUT2D eigenvalue weighted by atomic mass is 9.87. The van der Waals surface area contributed by atoms with Crippen molar-refractivity contribution in [3.63, 3.8) is 0 Å². The van der Waals surface area contributed by atoms with Crippen molar-refractivity contribution in [2.75, 3.05) is 6.61 Å². The van der Waals surface area contributed by atoms with Crippen LogP contribution in [-0.2, 0) is 10.2 Å². The van der Waals surface area contributed by atoms with Gasteiger partial charge in [-0.2, -0.15) is 5.10 Å². The molecule has 3 rings (SSSR count). The van der Waals surface area contributed by atoms with E-state index in [0.717, 1.165) is 11.1 Å². The summed E-state index contributed by atoms with van der Waals surface area (Å²) in [7, 11) is 0. The quantitative estimate of drug-likeness (QED) is 0.689. The van der Waals surface area contributed by atoms with Gasteiger partial charge in [0.15, 0.2) is 11.5 Å². The van der Waals surface area contributed by atoms with Crippen molar-refractivity contribution in [1.29, 1.82) is 0 Å². The molecule has 0 spiro atoms. The van der Waals surface area contributed by atoms with Crippen LogP contribution < -0.4 is 14.9 Å². The fourth-order valence-corrected chi connectivity index (χ4v) is 2.36. The van der Waals surface area contributed by atoms with Crippen LogP contribution in [0.15, 0.2) is 47.8 Å². The van der Waals surface area contributed by atoms with Crippen LogP contribution in [0.1, 0.15) is 31.9 Å². The summed E-state index contributed by atoms with van der Waals surface area (Å²) in [5, 5.41) is 3.94. The first-order chi connectivity index (χ1) is 11.9. The number of fused-ring (bicyclic) bond motifs is 1. The minimum absolute atomic E-state index is 0.0115. The molecule has 1 aliphatic heterocycles. The van der Waals surface area contributed by atoms with Crippen molar-refractivity contribution in [3.8, 4) is 11.5 Å². The number of nitrogens with zero attached hydrogens (tertiary/aromatic N) is 2. The van der Waals surface area contributed by atoms with Gasteiger partial charge in [-0.15, -0.1) is 0 Å². The smallest absolute Gasteiger partial charge is 0.284 e. The fraction of sp³-hybridized carbons (Fsp3) is 0.316. The van der Waals surface area contributed by atoms with E-state index in [2.05, 4.69) is 36.3 Å². The summed E-state index contributed by atoms with van der Waals surface area (Å²) in [4.78, 5) is 16.2. The number of benzene rings is 1. The van der Waals surface area contributed by atoms with Crippen molar-refractivity contribution >= 4 is 12.1 Å². The van der Waals surface area contributed by atoms with Gasteiger partial charge in [0.2, 0.25) is 6.10 Å². The molecule has 130 valence electrons. The first-order valence-corrected chi connectivity index (χ1v) is 8.10. The van der Waals surface area contributed by atoms with E-state index in [1.165, 1.54) is 0 Å². The average Bonchev–Trinajstić information content (AvgIpc) is 2.61. The Morgan fingerprint density at radius 1 is 1.24 bits per heavy atom. The summed E-state index contributed by atoms with van der Waals surface area (Å²) >= 11 is 0. The van der Waals surface area contributed by atoms with E-state index in [1.807, 2.05) is 18.2 Å². The normalized spacial score (nSPS) is 16.7. The van der Waals surface area contributed by atoms with Crippen LogP contribution in [0.2, 0.25) is 0 Å². The maximum atomic E-state index is 12.2. The summed E-state index contributed by atoms with van der Waals surface area (Å²) in [6, 6.07) is 9.41. The highest BCUT2D eigenvalue weighted by atomic mass is 16.6. The first-order valence-electron chi connectivity index (χ1n) is 8.10. The number of hydrogen-bond donors (Lipinski definition) is 1. The Bertz CT molecular complexity index is 782. The van der Waals surface area contributed by atoms with Crippen LogP contribution >= 0.6 is 0 Å². The van der Waals surface area contributed by atoms with E-state index in [4.69, 9.17) is 9.47 Å². The second-order valence-electron chi connectivity index (χ2n) is 6.84. The van der Waals surface area contributed by atoms with Crippen LogP contribution in [0.4, 0.5) is 0 Å². The third-order valence-corrected chi connectivity index (χ3v) is 3.86. The summed E-state index contributed by atoms with van der Waals surface area (Å²) in [6.07, 6.45) is 4.13. The predicted octanol–water partition coefficient (Wildman–Crippen LogP) is 2.67. The molecule has 0 saturated carbocycles. The molecule has 2 aromatic rings. The fourth-order valence-electron chi connectivity index (χ4n) is 2.36. The number of carbonyl (C=O) groups is 1. The number of hydrogen-bond acceptors (Lipinski definition) is 5. The van der Waals surface area contributed by atoms with E-state index >= 15 is 0 Å². The van der Waals surface area contributed by atoms with E-state index in [-0.39, 0.29) is 17.9 Å². The van der Waals surface area contributed by atoms with E-state index in [0.29, 0.717) is 11.5 Å². The molecule has 1 atom stereocenters. The minimum Gasteiger partial charge on any atom is -0.485 e. The number of carbonyl (C=O) groups excluding carboxylic acids is 1. The van der Waals surface area contributed by atoms with Gasteiger partial charge < -0.3 is 9.47 Å². The third kappa shape index (κ3) is 4.15. The number of aromatic nitrogens is 1. The van der Waals surface area contributed by atoms with Crippen molar-refractivity contribution < 1.29 is 14.3 Å². The molecule has 1 aliphatic rings. The summed E-state index contributed by atoms with van der Waals surface area (Å²) in [5.74, 6) is 0.881. The van der Waals surface area contributed by atoms with Gasteiger partial charge >= 0.3 is 0 Å². The summed E-state index contributed by atoms with van der Waals surface area (Å²) in [5.41, 5.74) is 4.43. The lowest BCUT2D eigenvalue weighted by Gasteiger charge is -2.27. The Morgan fingerprint density at radius 2 is 2.00 bits per heavy atom. The lowest BCUT2D eigenvalue weighted by Crippen LogP contribution is -2.42. The minimum atomic E-state index is -0.739. The Kier molecular flexibility index (Phi) is 4.70. The number of ether oxygens (including phenoxy) is 2. The standard InChI is InChI=1S/C19H21N3O3/c1-19(2,3)14-4-5-15-16(10-14)25-17(12-24-15)18(23)22-21-11-13-6-8-20-9-7-13/h4-11,17H,12H2,1-3H3,(H,22,23)/t17-/m1/s1. The van der Waals surface area contributed by atoms with Crippen molar-refractivity contribution in [2.24, 2.45) is 5.10 Å². The molecule has 6 nitrogen and oxygen atoms in total. The summed E-state index contributed by atoms with van der Waals surface area (Å²) in [6.45, 7) is 6.52.